The number of hydrogen-bond donors (Lipinski definition) is 1. The van der Waals surface area contributed by atoms with Crippen LogP contribution in [0.1, 0.15) is 43.6 Å². The molecule has 0 unspecified atom stereocenters. The summed E-state index contributed by atoms with van der Waals surface area (Å²) in [5, 5.41) is 3.52. The summed E-state index contributed by atoms with van der Waals surface area (Å²) < 4.78 is 38.9. The van der Waals surface area contributed by atoms with Gasteiger partial charge in [0.05, 0.1) is 5.69 Å². The van der Waals surface area contributed by atoms with E-state index in [9.17, 15) is 13.2 Å². The van der Waals surface area contributed by atoms with Crippen LogP contribution in [0, 0.1) is 0 Å². The van der Waals surface area contributed by atoms with E-state index >= 15 is 0 Å². The van der Waals surface area contributed by atoms with Crippen LogP contribution in [0.4, 0.5) is 13.2 Å². The third-order valence-corrected chi connectivity index (χ3v) is 3.61. The van der Waals surface area contributed by atoms with Crippen LogP contribution in [-0.4, -0.2) is 14.8 Å². The lowest BCUT2D eigenvalue weighted by Crippen LogP contribution is -2.09. The van der Waals surface area contributed by atoms with Crippen LogP contribution < -0.4 is 0 Å². The largest absolute Gasteiger partial charge is 0.453 e. The lowest BCUT2D eigenvalue weighted by Gasteiger charge is -2.15. The zero-order valence-electron chi connectivity index (χ0n) is 11.9. The topological polar surface area (TPSA) is 30.7 Å². The van der Waals surface area contributed by atoms with Gasteiger partial charge in [0.15, 0.2) is 0 Å². The van der Waals surface area contributed by atoms with Crippen molar-refractivity contribution in [3.8, 4) is 5.69 Å². The van der Waals surface area contributed by atoms with Crippen molar-refractivity contribution >= 4 is 12.6 Å². The van der Waals surface area contributed by atoms with Crippen LogP contribution in [0.5, 0.6) is 0 Å². The molecule has 0 saturated heterocycles. The predicted molar refractivity (Wildman–Crippen MR) is 77.1 cm³/mol. The minimum atomic E-state index is -4.54. The lowest BCUT2D eigenvalue weighted by atomic mass is 9.98. The second-order valence-corrected chi connectivity index (χ2v) is 5.54. The molecule has 1 aromatic heterocycles. The van der Waals surface area contributed by atoms with Crippen LogP contribution in [0.2, 0.25) is 0 Å². The molecule has 3 nitrogen and oxygen atoms in total. The maximum Gasteiger partial charge on any atom is 0.453 e. The fraction of sp³-hybridized carbons (Fsp3) is 0.429. The van der Waals surface area contributed by atoms with Crippen LogP contribution >= 0.6 is 12.6 Å². The first kappa shape index (κ1) is 15.9. The molecule has 0 atom stereocenters. The Hall–Kier alpha value is -1.50. The van der Waals surface area contributed by atoms with Crippen molar-refractivity contribution in [2.75, 3.05) is 0 Å². The lowest BCUT2D eigenvalue weighted by molar-refractivity contribution is -0.144. The van der Waals surface area contributed by atoms with E-state index in [0.29, 0.717) is 18.0 Å². The number of benzene rings is 1. The summed E-state index contributed by atoms with van der Waals surface area (Å²) in [6.07, 6.45) is -2.77. The molecule has 114 valence electrons. The molecular weight excluding hydrogens is 299 g/mol. The van der Waals surface area contributed by atoms with Crippen molar-refractivity contribution in [2.45, 2.75) is 44.2 Å². The standard InChI is InChI=1S/C14H16F3N3S/c1-4-9-5-10(8(2)3)12(21)6-11(9)20-7-18-13(19-20)14(15,16)17/h5-8,21H,4H2,1-3H3. The van der Waals surface area contributed by atoms with Crippen molar-refractivity contribution in [1.82, 2.24) is 14.8 Å². The van der Waals surface area contributed by atoms with E-state index in [-0.39, 0.29) is 0 Å². The van der Waals surface area contributed by atoms with Crippen molar-refractivity contribution in [3.05, 3.63) is 35.4 Å². The van der Waals surface area contributed by atoms with Gasteiger partial charge >= 0.3 is 6.18 Å². The molecule has 2 aromatic rings. The van der Waals surface area contributed by atoms with Gasteiger partial charge in [0.2, 0.25) is 0 Å². The molecule has 2 rings (SSSR count). The molecular formula is C14H16F3N3S. The van der Waals surface area contributed by atoms with Gasteiger partial charge in [0.1, 0.15) is 6.33 Å². The fourth-order valence-corrected chi connectivity index (χ4v) is 2.55. The van der Waals surface area contributed by atoms with E-state index in [1.165, 1.54) is 0 Å². The van der Waals surface area contributed by atoms with Crippen molar-refractivity contribution in [3.63, 3.8) is 0 Å². The third-order valence-electron chi connectivity index (χ3n) is 3.22. The van der Waals surface area contributed by atoms with Crippen molar-refractivity contribution in [1.29, 1.82) is 0 Å². The highest BCUT2D eigenvalue weighted by atomic mass is 32.1. The number of nitrogens with zero attached hydrogens (tertiary/aromatic N) is 3. The van der Waals surface area contributed by atoms with Crippen LogP contribution in [0.3, 0.4) is 0 Å². The van der Waals surface area contributed by atoms with E-state index in [2.05, 4.69) is 22.7 Å². The molecule has 0 aliphatic rings. The van der Waals surface area contributed by atoms with Gasteiger partial charge in [-0.3, -0.25) is 0 Å². The molecule has 7 heteroatoms. The molecule has 0 radical (unpaired) electrons. The van der Waals surface area contributed by atoms with Gasteiger partial charge in [-0.15, -0.1) is 17.7 Å². The van der Waals surface area contributed by atoms with Gasteiger partial charge in [-0.2, -0.15) is 13.2 Å². The highest BCUT2D eigenvalue weighted by molar-refractivity contribution is 7.80. The smallest absolute Gasteiger partial charge is 0.220 e. The van der Waals surface area contributed by atoms with E-state index in [1.807, 2.05) is 26.8 Å². The molecule has 1 heterocycles. The Morgan fingerprint density at radius 2 is 1.95 bits per heavy atom. The molecule has 0 N–H and O–H groups in total. The van der Waals surface area contributed by atoms with Gasteiger partial charge in [-0.25, -0.2) is 9.67 Å². The second-order valence-electron chi connectivity index (χ2n) is 5.06. The number of halogens is 3. The SMILES string of the molecule is CCc1cc(C(C)C)c(S)cc1-n1cnc(C(F)(F)F)n1. The zero-order chi connectivity index (χ0) is 15.8. The second kappa shape index (κ2) is 5.71. The van der Waals surface area contributed by atoms with Gasteiger partial charge in [-0.1, -0.05) is 26.8 Å². The number of rotatable bonds is 3. The fourth-order valence-electron chi connectivity index (χ4n) is 2.11. The molecule has 0 amide bonds. The minimum absolute atomic E-state index is 0.290. The maximum absolute atomic E-state index is 12.6. The number of aromatic nitrogens is 3. The summed E-state index contributed by atoms with van der Waals surface area (Å²) in [6, 6.07) is 3.71. The highest BCUT2D eigenvalue weighted by Gasteiger charge is 2.36. The van der Waals surface area contributed by atoms with Crippen LogP contribution in [0.15, 0.2) is 23.4 Å². The van der Waals surface area contributed by atoms with Crippen molar-refractivity contribution < 1.29 is 13.2 Å². The third kappa shape index (κ3) is 3.23. The molecule has 1 aromatic carbocycles. The molecule has 0 spiro atoms. The first-order valence-electron chi connectivity index (χ1n) is 6.59. The van der Waals surface area contributed by atoms with Crippen LogP contribution in [-0.2, 0) is 12.6 Å². The molecule has 0 aliphatic heterocycles. The van der Waals surface area contributed by atoms with Gasteiger partial charge in [-0.05, 0) is 29.5 Å². The van der Waals surface area contributed by atoms with E-state index in [4.69, 9.17) is 0 Å². The number of aryl methyl sites for hydroxylation is 1. The molecule has 21 heavy (non-hydrogen) atoms. The summed E-state index contributed by atoms with van der Waals surface area (Å²) in [5.74, 6) is -0.850. The maximum atomic E-state index is 12.6. The van der Waals surface area contributed by atoms with E-state index < -0.39 is 12.0 Å². The summed E-state index contributed by atoms with van der Waals surface area (Å²) in [6.45, 7) is 6.04. The van der Waals surface area contributed by atoms with E-state index in [0.717, 1.165) is 27.0 Å². The van der Waals surface area contributed by atoms with Gasteiger partial charge < -0.3 is 0 Å². The van der Waals surface area contributed by atoms with Gasteiger partial charge in [0.25, 0.3) is 5.82 Å². The quantitative estimate of drug-likeness (QED) is 0.858. The first-order chi connectivity index (χ1) is 9.74. The first-order valence-corrected chi connectivity index (χ1v) is 7.03. The number of alkyl halides is 3. The van der Waals surface area contributed by atoms with Gasteiger partial charge in [0, 0.05) is 4.90 Å². The van der Waals surface area contributed by atoms with E-state index in [1.54, 1.807) is 6.07 Å². The Bertz CT molecular complexity index is 647. The average Bonchev–Trinajstić information content (AvgIpc) is 2.87. The monoisotopic (exact) mass is 315 g/mol. The summed E-state index contributed by atoms with van der Waals surface area (Å²) in [5.41, 5.74) is 2.56. The molecule has 0 fully saturated rings. The summed E-state index contributed by atoms with van der Waals surface area (Å²) >= 11 is 4.42. The van der Waals surface area contributed by atoms with Crippen molar-refractivity contribution in [2.24, 2.45) is 0 Å². The summed E-state index contributed by atoms with van der Waals surface area (Å²) in [4.78, 5) is 4.07. The Labute approximate surface area is 126 Å². The van der Waals surface area contributed by atoms with Crippen LogP contribution in [0.25, 0.3) is 5.69 Å². The zero-order valence-corrected chi connectivity index (χ0v) is 12.8. The molecule has 0 saturated carbocycles. The average molecular weight is 315 g/mol. The Kier molecular flexibility index (Phi) is 4.32. The number of hydrogen-bond acceptors (Lipinski definition) is 3. The Balaban J connectivity index is 2.53. The summed E-state index contributed by atoms with van der Waals surface area (Å²) in [7, 11) is 0. The Morgan fingerprint density at radius 1 is 1.29 bits per heavy atom. The molecule has 0 bridgehead atoms. The Morgan fingerprint density at radius 3 is 2.43 bits per heavy atom. The number of thiol groups is 1. The molecule has 0 aliphatic carbocycles. The minimum Gasteiger partial charge on any atom is -0.220 e. The predicted octanol–water partition coefficient (Wildman–Crippen LogP) is 4.26. The highest BCUT2D eigenvalue weighted by Crippen LogP contribution is 2.30. The normalized spacial score (nSPS) is 12.2.